The molecule has 1 aromatic heterocycles. The number of halogens is 1. The van der Waals surface area contributed by atoms with Gasteiger partial charge in [0.05, 0.1) is 23.9 Å². The molecule has 2 atom stereocenters. The topological polar surface area (TPSA) is 82.5 Å². The third-order valence-corrected chi connectivity index (χ3v) is 4.79. The van der Waals surface area contributed by atoms with Crippen molar-refractivity contribution in [2.75, 3.05) is 13.1 Å². The number of nitrogens with zero attached hydrogens (tertiary/aromatic N) is 2. The van der Waals surface area contributed by atoms with Gasteiger partial charge in [0, 0.05) is 13.1 Å². The summed E-state index contributed by atoms with van der Waals surface area (Å²) in [5.74, 6) is -1.18. The van der Waals surface area contributed by atoms with E-state index < -0.39 is 17.2 Å². The van der Waals surface area contributed by atoms with E-state index in [2.05, 4.69) is 10.3 Å². The van der Waals surface area contributed by atoms with Gasteiger partial charge < -0.3 is 15.3 Å². The Morgan fingerprint density at radius 2 is 2.32 bits per heavy atom. The van der Waals surface area contributed by atoms with Gasteiger partial charge in [0.2, 0.25) is 0 Å². The molecule has 2 amide bonds. The summed E-state index contributed by atoms with van der Waals surface area (Å²) in [6.07, 6.45) is 3.50. The zero-order valence-corrected chi connectivity index (χ0v) is 12.1. The van der Waals surface area contributed by atoms with E-state index in [-0.39, 0.29) is 25.0 Å². The summed E-state index contributed by atoms with van der Waals surface area (Å²) in [5, 5.41) is 12.2. The summed E-state index contributed by atoms with van der Waals surface area (Å²) < 4.78 is 12.8. The Labute approximate surface area is 127 Å². The van der Waals surface area contributed by atoms with Gasteiger partial charge in [-0.2, -0.15) is 0 Å². The maximum absolute atomic E-state index is 12.8. The molecule has 0 aromatic carbocycles. The van der Waals surface area contributed by atoms with Crippen molar-refractivity contribution in [3.05, 3.63) is 29.8 Å². The summed E-state index contributed by atoms with van der Waals surface area (Å²) in [5.41, 5.74) is -0.215. The van der Waals surface area contributed by atoms with Gasteiger partial charge in [-0.1, -0.05) is 6.42 Å². The Morgan fingerprint density at radius 3 is 2.95 bits per heavy atom. The smallest absolute Gasteiger partial charge is 0.317 e. The third kappa shape index (κ3) is 2.51. The van der Waals surface area contributed by atoms with Gasteiger partial charge in [0.25, 0.3) is 0 Å². The first-order valence-electron chi connectivity index (χ1n) is 7.38. The minimum atomic E-state index is -0.800. The number of hydrogen-bond donors (Lipinski definition) is 2. The van der Waals surface area contributed by atoms with Crippen LogP contribution in [0.2, 0.25) is 0 Å². The number of carboxylic acid groups (broad SMARTS) is 1. The van der Waals surface area contributed by atoms with E-state index >= 15 is 0 Å². The van der Waals surface area contributed by atoms with E-state index in [1.165, 1.54) is 12.1 Å². The molecule has 0 bridgehead atoms. The van der Waals surface area contributed by atoms with Crippen LogP contribution in [0, 0.1) is 17.2 Å². The highest BCUT2D eigenvalue weighted by Gasteiger charge is 2.55. The van der Waals surface area contributed by atoms with Crippen molar-refractivity contribution in [1.29, 1.82) is 0 Å². The first-order chi connectivity index (χ1) is 10.5. The van der Waals surface area contributed by atoms with Crippen LogP contribution in [0.5, 0.6) is 0 Å². The molecule has 1 aliphatic heterocycles. The normalized spacial score (nSPS) is 26.8. The van der Waals surface area contributed by atoms with Gasteiger partial charge in [-0.05, 0) is 30.9 Å². The minimum Gasteiger partial charge on any atom is -0.481 e. The number of pyridine rings is 1. The van der Waals surface area contributed by atoms with Crippen LogP contribution in [-0.4, -0.2) is 40.1 Å². The van der Waals surface area contributed by atoms with Crippen LogP contribution in [-0.2, 0) is 11.3 Å². The number of amides is 2. The lowest BCUT2D eigenvalue weighted by Gasteiger charge is -2.23. The second kappa shape index (κ2) is 5.55. The average Bonchev–Trinajstić information content (AvgIpc) is 3.04. The van der Waals surface area contributed by atoms with Crippen molar-refractivity contribution in [1.82, 2.24) is 15.2 Å². The Bertz CT molecular complexity index is 592. The lowest BCUT2D eigenvalue weighted by Crippen LogP contribution is -2.41. The lowest BCUT2D eigenvalue weighted by molar-refractivity contribution is -0.149. The van der Waals surface area contributed by atoms with E-state index in [1.54, 1.807) is 4.90 Å². The molecule has 118 valence electrons. The number of carbonyl (C=O) groups is 2. The van der Waals surface area contributed by atoms with Crippen LogP contribution in [0.4, 0.5) is 9.18 Å². The fraction of sp³-hybridized carbons (Fsp3) is 0.533. The molecule has 0 radical (unpaired) electrons. The Morgan fingerprint density at radius 1 is 1.50 bits per heavy atom. The van der Waals surface area contributed by atoms with Gasteiger partial charge in [0.1, 0.15) is 5.82 Å². The zero-order chi connectivity index (χ0) is 15.7. The predicted molar refractivity (Wildman–Crippen MR) is 75.4 cm³/mol. The fourth-order valence-electron chi connectivity index (χ4n) is 3.58. The molecule has 7 heteroatoms. The SMILES string of the molecule is O=C(NCc1ccc(F)cn1)N1C[C@@H]2CCC[C@@]2(C(=O)O)C1. The van der Waals surface area contributed by atoms with Crippen LogP contribution < -0.4 is 5.32 Å². The molecule has 2 heterocycles. The second-order valence-electron chi connectivity index (χ2n) is 6.06. The number of carbonyl (C=O) groups excluding carboxylic acids is 1. The first-order valence-corrected chi connectivity index (χ1v) is 7.38. The van der Waals surface area contributed by atoms with Crippen molar-refractivity contribution in [3.8, 4) is 0 Å². The molecule has 2 N–H and O–H groups in total. The number of aromatic nitrogens is 1. The van der Waals surface area contributed by atoms with Gasteiger partial charge in [-0.3, -0.25) is 9.78 Å². The quantitative estimate of drug-likeness (QED) is 0.889. The van der Waals surface area contributed by atoms with E-state index in [1.807, 2.05) is 0 Å². The van der Waals surface area contributed by atoms with E-state index in [4.69, 9.17) is 0 Å². The molecule has 2 fully saturated rings. The van der Waals surface area contributed by atoms with Crippen molar-refractivity contribution in [3.63, 3.8) is 0 Å². The van der Waals surface area contributed by atoms with Crippen LogP contribution in [0.25, 0.3) is 0 Å². The monoisotopic (exact) mass is 307 g/mol. The van der Waals surface area contributed by atoms with Crippen molar-refractivity contribution < 1.29 is 19.1 Å². The maximum Gasteiger partial charge on any atom is 0.317 e. The predicted octanol–water partition coefficient (Wildman–Crippen LogP) is 1.62. The Kier molecular flexibility index (Phi) is 3.72. The maximum atomic E-state index is 12.8. The number of urea groups is 1. The number of fused-ring (bicyclic) bond motifs is 1. The van der Waals surface area contributed by atoms with Crippen LogP contribution >= 0.6 is 0 Å². The number of rotatable bonds is 3. The number of aliphatic carboxylic acids is 1. The molecule has 1 aromatic rings. The fourth-order valence-corrected chi connectivity index (χ4v) is 3.58. The molecule has 1 aliphatic carbocycles. The largest absolute Gasteiger partial charge is 0.481 e. The van der Waals surface area contributed by atoms with Crippen LogP contribution in [0.15, 0.2) is 18.3 Å². The third-order valence-electron chi connectivity index (χ3n) is 4.79. The standard InChI is InChI=1S/C15H18FN3O3/c16-11-3-4-12(17-6-11)7-18-14(22)19-8-10-2-1-5-15(10,9-19)13(20)21/h3-4,6,10H,1-2,5,7-9H2,(H,18,22)(H,20,21)/t10-,15+/m0/s1. The van der Waals surface area contributed by atoms with E-state index in [0.717, 1.165) is 19.0 Å². The molecule has 0 unspecified atom stereocenters. The molecule has 6 nitrogen and oxygen atoms in total. The molecular formula is C15H18FN3O3. The number of likely N-dealkylation sites (tertiary alicyclic amines) is 1. The number of nitrogens with one attached hydrogen (secondary N) is 1. The van der Waals surface area contributed by atoms with Crippen molar-refractivity contribution >= 4 is 12.0 Å². The van der Waals surface area contributed by atoms with E-state index in [9.17, 15) is 19.1 Å². The molecule has 1 saturated heterocycles. The molecule has 22 heavy (non-hydrogen) atoms. The Balaban J connectivity index is 1.60. The highest BCUT2D eigenvalue weighted by molar-refractivity contribution is 5.80. The van der Waals surface area contributed by atoms with E-state index in [0.29, 0.717) is 18.7 Å². The molecular weight excluding hydrogens is 289 g/mol. The van der Waals surface area contributed by atoms with Crippen LogP contribution in [0.3, 0.4) is 0 Å². The van der Waals surface area contributed by atoms with Crippen LogP contribution in [0.1, 0.15) is 25.0 Å². The average molecular weight is 307 g/mol. The van der Waals surface area contributed by atoms with Crippen molar-refractivity contribution in [2.45, 2.75) is 25.8 Å². The van der Waals surface area contributed by atoms with Crippen molar-refractivity contribution in [2.24, 2.45) is 11.3 Å². The summed E-state index contributed by atoms with van der Waals surface area (Å²) in [6, 6.07) is 2.50. The number of carboxylic acids is 1. The highest BCUT2D eigenvalue weighted by Crippen LogP contribution is 2.48. The zero-order valence-electron chi connectivity index (χ0n) is 12.1. The lowest BCUT2D eigenvalue weighted by atomic mass is 9.81. The summed E-state index contributed by atoms with van der Waals surface area (Å²) in [7, 11) is 0. The minimum absolute atomic E-state index is 0.0414. The summed E-state index contributed by atoms with van der Waals surface area (Å²) in [6.45, 7) is 0.936. The molecule has 1 saturated carbocycles. The summed E-state index contributed by atoms with van der Waals surface area (Å²) in [4.78, 5) is 29.2. The van der Waals surface area contributed by atoms with Gasteiger partial charge in [-0.25, -0.2) is 9.18 Å². The van der Waals surface area contributed by atoms with Gasteiger partial charge in [-0.15, -0.1) is 0 Å². The highest BCUT2D eigenvalue weighted by atomic mass is 19.1. The summed E-state index contributed by atoms with van der Waals surface area (Å²) >= 11 is 0. The Hall–Kier alpha value is -2.18. The molecule has 2 aliphatic rings. The molecule has 3 rings (SSSR count). The molecule has 0 spiro atoms. The second-order valence-corrected chi connectivity index (χ2v) is 6.06. The number of hydrogen-bond acceptors (Lipinski definition) is 3. The first kappa shape index (κ1) is 14.7. The van der Waals surface area contributed by atoms with Gasteiger partial charge >= 0.3 is 12.0 Å². The van der Waals surface area contributed by atoms with Gasteiger partial charge in [0.15, 0.2) is 0 Å².